The van der Waals surface area contributed by atoms with E-state index >= 15 is 0 Å². The first-order chi connectivity index (χ1) is 9.63. The van der Waals surface area contributed by atoms with Crippen molar-refractivity contribution in [2.45, 2.75) is 26.9 Å². The minimum atomic E-state index is 0.478. The van der Waals surface area contributed by atoms with E-state index in [1.165, 1.54) is 0 Å². The number of ether oxygens (including phenoxy) is 1. The number of nitrogens with zero attached hydrogens (tertiary/aromatic N) is 3. The maximum Gasteiger partial charge on any atom is 0.130 e. The Balaban J connectivity index is 2.02. The van der Waals surface area contributed by atoms with Gasteiger partial charge < -0.3 is 9.94 Å². The summed E-state index contributed by atoms with van der Waals surface area (Å²) in [7, 11) is 1.90. The monoisotopic (exact) mass is 273 g/mol. The largest absolute Gasteiger partial charge is 0.487 e. The highest BCUT2D eigenvalue weighted by atomic mass is 16.5. The highest BCUT2D eigenvalue weighted by Gasteiger charge is 2.05. The molecule has 106 valence electrons. The first-order valence-corrected chi connectivity index (χ1v) is 6.57. The zero-order valence-electron chi connectivity index (χ0n) is 12.0. The molecule has 0 aliphatic rings. The Morgan fingerprint density at radius 2 is 2.05 bits per heavy atom. The molecule has 5 heteroatoms. The Kier molecular flexibility index (Phi) is 4.40. The Bertz CT molecular complexity index is 600. The molecule has 0 unspecified atom stereocenters. The summed E-state index contributed by atoms with van der Waals surface area (Å²) >= 11 is 0. The number of aryl methyl sites for hydroxylation is 2. The van der Waals surface area contributed by atoms with Gasteiger partial charge in [0.1, 0.15) is 12.4 Å². The van der Waals surface area contributed by atoms with Crippen molar-refractivity contribution >= 4 is 5.71 Å². The molecule has 0 aliphatic carbocycles. The van der Waals surface area contributed by atoms with Gasteiger partial charge in [-0.2, -0.15) is 5.10 Å². The molecule has 1 heterocycles. The third-order valence-corrected chi connectivity index (χ3v) is 3.13. The van der Waals surface area contributed by atoms with Gasteiger partial charge in [-0.25, -0.2) is 0 Å². The first-order valence-electron chi connectivity index (χ1n) is 6.57. The molecule has 0 spiro atoms. The molecule has 0 aliphatic heterocycles. The molecule has 0 atom stereocenters. The van der Waals surface area contributed by atoms with Gasteiger partial charge >= 0.3 is 0 Å². The van der Waals surface area contributed by atoms with Crippen molar-refractivity contribution in [3.8, 4) is 5.75 Å². The lowest BCUT2D eigenvalue weighted by molar-refractivity contribution is 0.295. The number of oxime groups is 1. The van der Waals surface area contributed by atoms with Crippen molar-refractivity contribution in [1.82, 2.24) is 9.78 Å². The average molecular weight is 273 g/mol. The lowest BCUT2D eigenvalue weighted by Crippen LogP contribution is -2.03. The summed E-state index contributed by atoms with van der Waals surface area (Å²) in [6.07, 6.45) is 0.686. The number of rotatable bonds is 5. The van der Waals surface area contributed by atoms with Gasteiger partial charge in [0, 0.05) is 7.05 Å². The van der Waals surface area contributed by atoms with Crippen molar-refractivity contribution in [2.75, 3.05) is 0 Å². The van der Waals surface area contributed by atoms with Gasteiger partial charge in [0.15, 0.2) is 0 Å². The molecule has 1 aromatic heterocycles. The second-order valence-electron chi connectivity index (χ2n) is 4.61. The van der Waals surface area contributed by atoms with Gasteiger partial charge in [-0.3, -0.25) is 4.68 Å². The lowest BCUT2D eigenvalue weighted by Gasteiger charge is -2.07. The molecule has 5 nitrogen and oxygen atoms in total. The Hall–Kier alpha value is -2.30. The maximum atomic E-state index is 8.88. The third-order valence-electron chi connectivity index (χ3n) is 3.13. The van der Waals surface area contributed by atoms with Crippen LogP contribution in [0.15, 0.2) is 35.5 Å². The highest BCUT2D eigenvalue weighted by molar-refractivity contribution is 6.00. The fourth-order valence-electron chi connectivity index (χ4n) is 2.03. The zero-order chi connectivity index (χ0) is 14.5. The number of benzene rings is 1. The fourth-order valence-corrected chi connectivity index (χ4v) is 2.03. The van der Waals surface area contributed by atoms with E-state index in [1.807, 2.05) is 55.9 Å². The molecule has 0 amide bonds. The summed E-state index contributed by atoms with van der Waals surface area (Å²) in [6.45, 7) is 4.38. The summed E-state index contributed by atoms with van der Waals surface area (Å²) < 4.78 is 7.54. The molecule has 0 saturated carbocycles. The van der Waals surface area contributed by atoms with E-state index in [0.29, 0.717) is 18.7 Å². The van der Waals surface area contributed by atoms with Crippen molar-refractivity contribution in [3.63, 3.8) is 0 Å². The third kappa shape index (κ3) is 3.17. The molecule has 20 heavy (non-hydrogen) atoms. The van der Waals surface area contributed by atoms with Crippen LogP contribution < -0.4 is 4.74 Å². The van der Waals surface area contributed by atoms with E-state index in [4.69, 9.17) is 9.94 Å². The SMILES string of the molecule is CCC(=NO)c1ccc(OCc2cc(C)nn2C)cc1. The number of hydrogen-bond acceptors (Lipinski definition) is 4. The highest BCUT2D eigenvalue weighted by Crippen LogP contribution is 2.15. The van der Waals surface area contributed by atoms with E-state index in [9.17, 15) is 0 Å². The van der Waals surface area contributed by atoms with Crippen molar-refractivity contribution < 1.29 is 9.94 Å². The fraction of sp³-hybridized carbons (Fsp3) is 0.333. The molecule has 1 N–H and O–H groups in total. The second-order valence-corrected chi connectivity index (χ2v) is 4.61. The predicted octanol–water partition coefficient (Wildman–Crippen LogP) is 2.90. The minimum Gasteiger partial charge on any atom is -0.487 e. The van der Waals surface area contributed by atoms with Crippen LogP contribution in [0.5, 0.6) is 5.75 Å². The lowest BCUT2D eigenvalue weighted by atomic mass is 10.1. The summed E-state index contributed by atoms with van der Waals surface area (Å²) in [4.78, 5) is 0. The van der Waals surface area contributed by atoms with Crippen molar-refractivity contribution in [2.24, 2.45) is 12.2 Å². The van der Waals surface area contributed by atoms with Crippen LogP contribution in [-0.4, -0.2) is 20.7 Å². The molecular weight excluding hydrogens is 254 g/mol. The maximum absolute atomic E-state index is 8.88. The first kappa shape index (κ1) is 14.1. The molecule has 0 radical (unpaired) electrons. The van der Waals surface area contributed by atoms with Gasteiger partial charge in [0.05, 0.1) is 17.1 Å². The van der Waals surface area contributed by atoms with Crippen LogP contribution in [0.25, 0.3) is 0 Å². The predicted molar refractivity (Wildman–Crippen MR) is 77.3 cm³/mol. The van der Waals surface area contributed by atoms with E-state index in [0.717, 1.165) is 22.7 Å². The molecule has 0 saturated heterocycles. The minimum absolute atomic E-state index is 0.478. The smallest absolute Gasteiger partial charge is 0.130 e. The van der Waals surface area contributed by atoms with E-state index in [1.54, 1.807) is 0 Å². The summed E-state index contributed by atoms with van der Waals surface area (Å²) in [5, 5.41) is 16.4. The van der Waals surface area contributed by atoms with Crippen LogP contribution in [0.2, 0.25) is 0 Å². The van der Waals surface area contributed by atoms with Gasteiger partial charge in [-0.05, 0) is 49.2 Å². The van der Waals surface area contributed by atoms with Gasteiger partial charge in [-0.15, -0.1) is 0 Å². The van der Waals surface area contributed by atoms with Crippen LogP contribution in [0, 0.1) is 6.92 Å². The van der Waals surface area contributed by atoms with Gasteiger partial charge in [0.2, 0.25) is 0 Å². The van der Waals surface area contributed by atoms with Crippen LogP contribution in [0.1, 0.15) is 30.3 Å². The molecule has 2 rings (SSSR count). The number of hydrogen-bond donors (Lipinski definition) is 1. The normalized spacial score (nSPS) is 11.7. The Morgan fingerprint density at radius 1 is 1.35 bits per heavy atom. The average Bonchev–Trinajstić information content (AvgIpc) is 2.77. The second kappa shape index (κ2) is 6.23. The Labute approximate surface area is 118 Å². The van der Waals surface area contributed by atoms with Crippen LogP contribution >= 0.6 is 0 Å². The quantitative estimate of drug-likeness (QED) is 0.517. The van der Waals surface area contributed by atoms with Gasteiger partial charge in [-0.1, -0.05) is 12.1 Å². The molecular formula is C15H19N3O2. The van der Waals surface area contributed by atoms with E-state index in [2.05, 4.69) is 10.3 Å². The van der Waals surface area contributed by atoms with Crippen molar-refractivity contribution in [3.05, 3.63) is 47.3 Å². The van der Waals surface area contributed by atoms with Crippen LogP contribution in [-0.2, 0) is 13.7 Å². The van der Waals surface area contributed by atoms with Crippen LogP contribution in [0.3, 0.4) is 0 Å². The van der Waals surface area contributed by atoms with E-state index < -0.39 is 0 Å². The summed E-state index contributed by atoms with van der Waals surface area (Å²) in [6, 6.07) is 9.53. The van der Waals surface area contributed by atoms with Crippen LogP contribution in [0.4, 0.5) is 0 Å². The molecule has 1 aromatic carbocycles. The van der Waals surface area contributed by atoms with E-state index in [-0.39, 0.29) is 0 Å². The molecule has 0 fully saturated rings. The van der Waals surface area contributed by atoms with Crippen molar-refractivity contribution in [1.29, 1.82) is 0 Å². The topological polar surface area (TPSA) is 59.6 Å². The standard InChI is InChI=1S/C15H19N3O2/c1-4-15(17-19)12-5-7-14(8-6-12)20-10-13-9-11(2)16-18(13)3/h5-9,19H,4,10H2,1-3H3. The van der Waals surface area contributed by atoms with Gasteiger partial charge in [0.25, 0.3) is 0 Å². The molecule has 2 aromatic rings. The number of aromatic nitrogens is 2. The summed E-state index contributed by atoms with van der Waals surface area (Å²) in [5.74, 6) is 0.779. The molecule has 0 bridgehead atoms. The summed E-state index contributed by atoms with van der Waals surface area (Å²) in [5.41, 5.74) is 3.57. The zero-order valence-corrected chi connectivity index (χ0v) is 12.0. The Morgan fingerprint density at radius 3 is 2.55 bits per heavy atom.